The van der Waals surface area contributed by atoms with Crippen LogP contribution in [0.1, 0.15) is 113 Å². The SMILES string of the molecule is Cc1cc2ccc3ccc4oc5c(-c6nc7ccccc7n6-c6c(C(C)C)cc(-c7ccccc7)cc6C(C)C)cc(Oc6cccc(-c7nc8ccccc8n7-c7c(C(C)C)cc(-c8ccccc8)cc7C(C)C)c6)cc5c4c3c2c(C)n1. The number of imidazole rings is 2. The molecule has 0 atom stereocenters. The lowest BCUT2D eigenvalue weighted by Crippen LogP contribution is -2.09. The molecule has 0 N–H and O–H groups in total. The van der Waals surface area contributed by atoms with Gasteiger partial charge in [-0.25, -0.2) is 9.97 Å². The number of hydrogen-bond donors (Lipinski definition) is 0. The van der Waals surface area contributed by atoms with Crippen LogP contribution in [0.3, 0.4) is 0 Å². The van der Waals surface area contributed by atoms with Gasteiger partial charge in [-0.3, -0.25) is 14.1 Å². The fourth-order valence-electron chi connectivity index (χ4n) is 13.0. The summed E-state index contributed by atoms with van der Waals surface area (Å²) in [4.78, 5) is 16.2. The van der Waals surface area contributed by atoms with Crippen molar-refractivity contribution >= 4 is 65.6 Å². The molecule has 0 bridgehead atoms. The Labute approximate surface area is 490 Å². The number of para-hydroxylation sites is 4. The number of benzene rings is 10. The van der Waals surface area contributed by atoms with Gasteiger partial charge in [-0.1, -0.05) is 171 Å². The Bertz CT molecular complexity index is 4840. The standard InChI is InChI=1S/C77H67N5O2/c1-44(2)59-38-55(50-22-13-11-14-23-50)39-60(45(3)4)73(59)81-67-30-19-17-28-65(67)79-76(81)54-26-21-27-57(37-54)83-58-42-63-72-69(35-34-52-32-33-53-36-48(9)78-49(10)70(53)71(52)72)84-75(63)64(43-58)77-80-66-29-18-20-31-68(66)82(77)74-61(46(5)6)40-56(41-62(74)47(7)8)51-24-15-12-16-25-51/h11-47H,1-10H3. The fraction of sp³-hybridized carbons (Fsp3) is 0.182. The number of hydrogen-bond acceptors (Lipinski definition) is 5. The highest BCUT2D eigenvalue weighted by molar-refractivity contribution is 6.28. The Morgan fingerprint density at radius 1 is 0.393 bits per heavy atom. The molecule has 0 saturated carbocycles. The molecule has 4 aromatic heterocycles. The van der Waals surface area contributed by atoms with Gasteiger partial charge in [-0.05, 0) is 178 Å². The van der Waals surface area contributed by atoms with E-state index in [1.54, 1.807) is 0 Å². The number of furan rings is 1. The van der Waals surface area contributed by atoms with Crippen LogP contribution < -0.4 is 4.74 Å². The largest absolute Gasteiger partial charge is 0.457 e. The van der Waals surface area contributed by atoms with E-state index in [9.17, 15) is 0 Å². The summed E-state index contributed by atoms with van der Waals surface area (Å²) < 4.78 is 19.4. The number of pyridine rings is 1. The van der Waals surface area contributed by atoms with Gasteiger partial charge in [0.1, 0.15) is 34.3 Å². The average molecular weight is 1090 g/mol. The second kappa shape index (κ2) is 20.7. The van der Waals surface area contributed by atoms with Crippen molar-refractivity contribution in [1.29, 1.82) is 0 Å². The molecule has 0 unspecified atom stereocenters. The van der Waals surface area contributed by atoms with Crippen molar-refractivity contribution in [3.8, 4) is 67.9 Å². The molecule has 7 nitrogen and oxygen atoms in total. The second-order valence-corrected chi connectivity index (χ2v) is 24.0. The van der Waals surface area contributed by atoms with Gasteiger partial charge in [0.15, 0.2) is 0 Å². The van der Waals surface area contributed by atoms with E-state index in [1.807, 2.05) is 0 Å². The smallest absolute Gasteiger partial charge is 0.149 e. The first kappa shape index (κ1) is 52.5. The van der Waals surface area contributed by atoms with Crippen molar-refractivity contribution in [3.63, 3.8) is 0 Å². The maximum absolute atomic E-state index is 7.36. The lowest BCUT2D eigenvalue weighted by molar-refractivity contribution is 0.483. The molecule has 412 valence electrons. The molecule has 84 heavy (non-hydrogen) atoms. The van der Waals surface area contributed by atoms with Crippen molar-refractivity contribution in [1.82, 2.24) is 24.1 Å². The summed E-state index contributed by atoms with van der Waals surface area (Å²) in [5.74, 6) is 3.76. The van der Waals surface area contributed by atoms with Crippen LogP contribution in [-0.2, 0) is 0 Å². The first-order valence-electron chi connectivity index (χ1n) is 29.7. The van der Waals surface area contributed by atoms with Crippen LogP contribution in [0, 0.1) is 13.8 Å². The summed E-state index contributed by atoms with van der Waals surface area (Å²) >= 11 is 0. The van der Waals surface area contributed by atoms with Crippen LogP contribution in [0.4, 0.5) is 0 Å². The Balaban J connectivity index is 1.02. The van der Waals surface area contributed by atoms with Gasteiger partial charge in [-0.2, -0.15) is 0 Å². The van der Waals surface area contributed by atoms with Crippen LogP contribution >= 0.6 is 0 Å². The summed E-state index contributed by atoms with van der Waals surface area (Å²) in [6.07, 6.45) is 0. The third-order valence-corrected chi connectivity index (χ3v) is 17.0. The maximum atomic E-state index is 7.36. The minimum atomic E-state index is 0.180. The van der Waals surface area contributed by atoms with E-state index in [4.69, 9.17) is 24.1 Å². The van der Waals surface area contributed by atoms with Gasteiger partial charge in [0, 0.05) is 38.5 Å². The van der Waals surface area contributed by atoms with Crippen molar-refractivity contribution in [3.05, 3.63) is 234 Å². The number of aromatic nitrogens is 5. The second-order valence-electron chi connectivity index (χ2n) is 24.0. The average Bonchev–Trinajstić information content (AvgIpc) is 3.22. The minimum Gasteiger partial charge on any atom is -0.457 e. The summed E-state index contributed by atoms with van der Waals surface area (Å²) in [6.45, 7) is 22.6. The predicted molar refractivity (Wildman–Crippen MR) is 350 cm³/mol. The van der Waals surface area contributed by atoms with Gasteiger partial charge in [0.2, 0.25) is 0 Å². The maximum Gasteiger partial charge on any atom is 0.149 e. The van der Waals surface area contributed by atoms with Crippen molar-refractivity contribution in [2.75, 3.05) is 0 Å². The predicted octanol–water partition coefficient (Wildman–Crippen LogP) is 21.5. The normalized spacial score (nSPS) is 12.1. The van der Waals surface area contributed by atoms with Crippen LogP contribution in [0.15, 0.2) is 205 Å². The van der Waals surface area contributed by atoms with E-state index >= 15 is 0 Å². The van der Waals surface area contributed by atoms with Crippen LogP contribution in [0.2, 0.25) is 0 Å². The number of rotatable bonds is 12. The molecule has 0 aliphatic heterocycles. The zero-order valence-electron chi connectivity index (χ0n) is 49.4. The molecule has 0 radical (unpaired) electrons. The number of nitrogens with zero attached hydrogens (tertiary/aromatic N) is 5. The molecule has 0 spiro atoms. The lowest BCUT2D eigenvalue weighted by Gasteiger charge is -2.24. The van der Waals surface area contributed by atoms with Crippen molar-refractivity contribution in [2.24, 2.45) is 0 Å². The number of aryl methyl sites for hydroxylation is 2. The molecule has 7 heteroatoms. The van der Waals surface area contributed by atoms with E-state index in [0.29, 0.717) is 11.5 Å². The monoisotopic (exact) mass is 1090 g/mol. The summed E-state index contributed by atoms with van der Waals surface area (Å²) in [5, 5.41) is 6.41. The molecule has 4 heterocycles. The highest BCUT2D eigenvalue weighted by Gasteiger charge is 2.29. The minimum absolute atomic E-state index is 0.180. The Morgan fingerprint density at radius 2 is 0.893 bits per heavy atom. The number of ether oxygens (including phenoxy) is 1. The molecular formula is C77H67N5O2. The molecular weight excluding hydrogens is 1030 g/mol. The highest BCUT2D eigenvalue weighted by atomic mass is 16.5. The molecule has 14 aromatic rings. The first-order valence-corrected chi connectivity index (χ1v) is 29.7. The van der Waals surface area contributed by atoms with Gasteiger partial charge < -0.3 is 9.15 Å². The van der Waals surface area contributed by atoms with E-state index < -0.39 is 0 Å². The molecule has 0 fully saturated rings. The van der Waals surface area contributed by atoms with E-state index in [1.165, 1.54) is 50.2 Å². The zero-order valence-corrected chi connectivity index (χ0v) is 49.4. The van der Waals surface area contributed by atoms with Gasteiger partial charge >= 0.3 is 0 Å². The Kier molecular flexibility index (Phi) is 12.9. The highest BCUT2D eigenvalue weighted by Crippen LogP contribution is 2.48. The van der Waals surface area contributed by atoms with Gasteiger partial charge in [-0.15, -0.1) is 0 Å². The van der Waals surface area contributed by atoms with Crippen LogP contribution in [-0.4, -0.2) is 24.1 Å². The Hall–Kier alpha value is -9.59. The van der Waals surface area contributed by atoms with E-state index in [0.717, 1.165) is 105 Å². The van der Waals surface area contributed by atoms with Crippen molar-refractivity contribution in [2.45, 2.75) is 92.9 Å². The zero-order chi connectivity index (χ0) is 57.7. The third-order valence-electron chi connectivity index (χ3n) is 17.0. The summed E-state index contributed by atoms with van der Waals surface area (Å²) in [7, 11) is 0. The molecule has 0 aliphatic carbocycles. The fourth-order valence-corrected chi connectivity index (χ4v) is 13.0. The lowest BCUT2D eigenvalue weighted by atomic mass is 9.88. The quantitative estimate of drug-likeness (QED) is 0.114. The molecule has 0 amide bonds. The van der Waals surface area contributed by atoms with Gasteiger partial charge in [0.25, 0.3) is 0 Å². The van der Waals surface area contributed by atoms with Gasteiger partial charge in [0.05, 0.1) is 39.0 Å². The van der Waals surface area contributed by atoms with E-state index in [2.05, 4.69) is 279 Å². The molecule has 14 rings (SSSR count). The third kappa shape index (κ3) is 8.84. The van der Waals surface area contributed by atoms with Crippen molar-refractivity contribution < 1.29 is 9.15 Å². The summed E-state index contributed by atoms with van der Waals surface area (Å²) in [6, 6.07) is 71.7. The molecule has 0 saturated heterocycles. The van der Waals surface area contributed by atoms with Crippen LogP contribution in [0.25, 0.3) is 122 Å². The molecule has 10 aromatic carbocycles. The topological polar surface area (TPSA) is 70.9 Å². The number of fused-ring (bicyclic) bond motifs is 9. The Morgan fingerprint density at radius 3 is 1.46 bits per heavy atom. The first-order chi connectivity index (χ1) is 40.8. The summed E-state index contributed by atoms with van der Waals surface area (Å²) in [5.41, 5.74) is 21.3. The van der Waals surface area contributed by atoms with E-state index in [-0.39, 0.29) is 23.7 Å². The molecule has 0 aliphatic rings. The van der Waals surface area contributed by atoms with Crippen LogP contribution in [0.5, 0.6) is 11.5 Å².